The van der Waals surface area contributed by atoms with Gasteiger partial charge in [-0.2, -0.15) is 0 Å². The standard InChI is InChI=1S/C10H9N3O2S/c14-13(15)10-4-8(7-16-10)5-12-9-2-1-3-11-6-9/h1-4,6-7,12H,5H2. The van der Waals surface area contributed by atoms with Gasteiger partial charge in [-0.25, -0.2) is 0 Å². The molecular formula is C10H9N3O2S. The van der Waals surface area contributed by atoms with E-state index in [0.717, 1.165) is 22.6 Å². The molecule has 1 N–H and O–H groups in total. The lowest BCUT2D eigenvalue weighted by Gasteiger charge is -2.02. The molecule has 0 saturated heterocycles. The lowest BCUT2D eigenvalue weighted by Crippen LogP contribution is -1.97. The largest absolute Gasteiger partial charge is 0.380 e. The highest BCUT2D eigenvalue weighted by Crippen LogP contribution is 2.23. The Hall–Kier alpha value is -1.95. The summed E-state index contributed by atoms with van der Waals surface area (Å²) >= 11 is 1.14. The molecule has 0 radical (unpaired) electrons. The molecule has 0 fully saturated rings. The minimum atomic E-state index is -0.377. The molecule has 2 heterocycles. The van der Waals surface area contributed by atoms with E-state index in [1.165, 1.54) is 0 Å². The van der Waals surface area contributed by atoms with Crippen LogP contribution < -0.4 is 5.32 Å². The van der Waals surface area contributed by atoms with Crippen LogP contribution in [0.4, 0.5) is 10.7 Å². The Morgan fingerprint density at radius 2 is 2.44 bits per heavy atom. The van der Waals surface area contributed by atoms with Gasteiger partial charge < -0.3 is 5.32 Å². The van der Waals surface area contributed by atoms with Crippen molar-refractivity contribution < 1.29 is 4.92 Å². The van der Waals surface area contributed by atoms with Gasteiger partial charge in [-0.15, -0.1) is 0 Å². The Morgan fingerprint density at radius 3 is 3.06 bits per heavy atom. The van der Waals surface area contributed by atoms with Gasteiger partial charge in [0.2, 0.25) is 0 Å². The summed E-state index contributed by atoms with van der Waals surface area (Å²) in [5, 5.41) is 15.6. The smallest absolute Gasteiger partial charge is 0.324 e. The zero-order valence-electron chi connectivity index (χ0n) is 8.29. The number of rotatable bonds is 4. The maximum absolute atomic E-state index is 10.5. The van der Waals surface area contributed by atoms with Crippen LogP contribution in [0.1, 0.15) is 5.56 Å². The van der Waals surface area contributed by atoms with Crippen LogP contribution in [0.5, 0.6) is 0 Å². The van der Waals surface area contributed by atoms with E-state index in [4.69, 9.17) is 0 Å². The summed E-state index contributed by atoms with van der Waals surface area (Å²) in [6.45, 7) is 0.566. The van der Waals surface area contributed by atoms with Crippen molar-refractivity contribution in [2.24, 2.45) is 0 Å². The van der Waals surface area contributed by atoms with Crippen LogP contribution in [0.15, 0.2) is 36.0 Å². The van der Waals surface area contributed by atoms with Gasteiger partial charge >= 0.3 is 5.00 Å². The number of nitrogens with zero attached hydrogens (tertiary/aromatic N) is 2. The van der Waals surface area contributed by atoms with Crippen molar-refractivity contribution >= 4 is 22.0 Å². The summed E-state index contributed by atoms with van der Waals surface area (Å²) in [4.78, 5) is 14.1. The quantitative estimate of drug-likeness (QED) is 0.653. The van der Waals surface area contributed by atoms with Crippen LogP contribution in [0.3, 0.4) is 0 Å². The van der Waals surface area contributed by atoms with Crippen molar-refractivity contribution in [1.82, 2.24) is 4.98 Å². The van der Waals surface area contributed by atoms with Gasteiger partial charge in [-0.1, -0.05) is 11.3 Å². The van der Waals surface area contributed by atoms with E-state index in [9.17, 15) is 10.1 Å². The van der Waals surface area contributed by atoms with Crippen molar-refractivity contribution in [2.45, 2.75) is 6.54 Å². The highest BCUT2D eigenvalue weighted by atomic mass is 32.1. The van der Waals surface area contributed by atoms with Gasteiger partial charge in [0.25, 0.3) is 0 Å². The first kappa shape index (κ1) is 10.6. The zero-order valence-corrected chi connectivity index (χ0v) is 9.11. The highest BCUT2D eigenvalue weighted by molar-refractivity contribution is 7.13. The van der Waals surface area contributed by atoms with E-state index in [1.54, 1.807) is 23.8 Å². The summed E-state index contributed by atoms with van der Waals surface area (Å²) in [6.07, 6.45) is 3.40. The maximum atomic E-state index is 10.5. The first-order chi connectivity index (χ1) is 7.75. The normalized spacial score (nSPS) is 10.0. The highest BCUT2D eigenvalue weighted by Gasteiger charge is 2.08. The molecular weight excluding hydrogens is 226 g/mol. The van der Waals surface area contributed by atoms with Gasteiger partial charge in [-0.3, -0.25) is 15.1 Å². The molecule has 0 saturated carbocycles. The number of hydrogen-bond donors (Lipinski definition) is 1. The molecule has 0 spiro atoms. The Balaban J connectivity index is 1.97. The first-order valence-corrected chi connectivity index (χ1v) is 5.49. The molecule has 2 rings (SSSR count). The number of anilines is 1. The fourth-order valence-electron chi connectivity index (χ4n) is 1.22. The first-order valence-electron chi connectivity index (χ1n) is 4.61. The number of thiophene rings is 1. The van der Waals surface area contributed by atoms with Crippen molar-refractivity contribution in [3.63, 3.8) is 0 Å². The van der Waals surface area contributed by atoms with Gasteiger partial charge in [0.15, 0.2) is 0 Å². The molecule has 0 aliphatic heterocycles. The van der Waals surface area contributed by atoms with E-state index < -0.39 is 0 Å². The molecule has 82 valence electrons. The van der Waals surface area contributed by atoms with Crippen LogP contribution in [0, 0.1) is 10.1 Å². The average molecular weight is 235 g/mol. The molecule has 6 heteroatoms. The molecule has 0 amide bonds. The third-order valence-corrected chi connectivity index (χ3v) is 2.91. The molecule has 0 unspecified atom stereocenters. The van der Waals surface area contributed by atoms with E-state index in [1.807, 2.05) is 12.1 Å². The van der Waals surface area contributed by atoms with Crippen molar-refractivity contribution in [1.29, 1.82) is 0 Å². The molecule has 0 aliphatic carbocycles. The second-order valence-corrected chi connectivity index (χ2v) is 4.04. The number of aromatic nitrogens is 1. The summed E-state index contributed by atoms with van der Waals surface area (Å²) in [6, 6.07) is 5.31. The number of pyridine rings is 1. The summed E-state index contributed by atoms with van der Waals surface area (Å²) in [7, 11) is 0. The fraction of sp³-hybridized carbons (Fsp3) is 0.100. The monoisotopic (exact) mass is 235 g/mol. The predicted octanol–water partition coefficient (Wildman–Crippen LogP) is 2.66. The van der Waals surface area contributed by atoms with E-state index in [2.05, 4.69) is 10.3 Å². The maximum Gasteiger partial charge on any atom is 0.324 e. The van der Waals surface area contributed by atoms with Gasteiger partial charge in [-0.05, 0) is 17.7 Å². The zero-order chi connectivity index (χ0) is 11.4. The minimum absolute atomic E-state index is 0.169. The van der Waals surface area contributed by atoms with E-state index in [0.29, 0.717) is 6.54 Å². The second-order valence-electron chi connectivity index (χ2n) is 3.15. The topological polar surface area (TPSA) is 68.1 Å². The van der Waals surface area contributed by atoms with Crippen molar-refractivity contribution in [3.8, 4) is 0 Å². The summed E-state index contributed by atoms with van der Waals surface area (Å²) < 4.78 is 0. The average Bonchev–Trinajstić information content (AvgIpc) is 2.76. The van der Waals surface area contributed by atoms with Gasteiger partial charge in [0.05, 0.1) is 10.6 Å². The van der Waals surface area contributed by atoms with Gasteiger partial charge in [0.1, 0.15) is 0 Å². The number of nitro groups is 1. The van der Waals surface area contributed by atoms with Crippen LogP contribution >= 0.6 is 11.3 Å². The van der Waals surface area contributed by atoms with Crippen molar-refractivity contribution in [3.05, 3.63) is 51.7 Å². The molecule has 2 aromatic rings. The van der Waals surface area contributed by atoms with Crippen LogP contribution in [-0.4, -0.2) is 9.91 Å². The lowest BCUT2D eigenvalue weighted by atomic mass is 10.3. The van der Waals surface area contributed by atoms with Gasteiger partial charge in [0, 0.05) is 30.4 Å². The number of nitrogens with one attached hydrogen (secondary N) is 1. The van der Waals surface area contributed by atoms with E-state index >= 15 is 0 Å². The van der Waals surface area contributed by atoms with Crippen LogP contribution in [0.2, 0.25) is 0 Å². The Labute approximate surface area is 95.9 Å². The molecule has 0 bridgehead atoms. The lowest BCUT2D eigenvalue weighted by molar-refractivity contribution is -0.380. The fourth-order valence-corrected chi connectivity index (χ4v) is 1.95. The second kappa shape index (κ2) is 4.71. The Morgan fingerprint density at radius 1 is 1.56 bits per heavy atom. The van der Waals surface area contributed by atoms with E-state index in [-0.39, 0.29) is 9.92 Å². The molecule has 5 nitrogen and oxygen atoms in total. The minimum Gasteiger partial charge on any atom is -0.380 e. The molecule has 16 heavy (non-hydrogen) atoms. The third-order valence-electron chi connectivity index (χ3n) is 1.98. The molecule has 0 atom stereocenters. The molecule has 0 aromatic carbocycles. The molecule has 0 aliphatic rings. The Bertz CT molecular complexity index is 484. The third kappa shape index (κ3) is 2.54. The summed E-state index contributed by atoms with van der Waals surface area (Å²) in [5.41, 5.74) is 1.80. The van der Waals surface area contributed by atoms with Crippen LogP contribution in [0.25, 0.3) is 0 Å². The molecule has 2 aromatic heterocycles. The SMILES string of the molecule is O=[N+]([O-])c1cc(CNc2cccnc2)cs1. The summed E-state index contributed by atoms with van der Waals surface area (Å²) in [5.74, 6) is 0. The predicted molar refractivity (Wildman–Crippen MR) is 62.5 cm³/mol. The van der Waals surface area contributed by atoms with Crippen molar-refractivity contribution in [2.75, 3.05) is 5.32 Å². The van der Waals surface area contributed by atoms with Crippen LogP contribution in [-0.2, 0) is 6.54 Å². The number of hydrogen-bond acceptors (Lipinski definition) is 5. The Kier molecular flexibility index (Phi) is 3.11.